The minimum absolute atomic E-state index is 0.329. The monoisotopic (exact) mass is 406 g/mol. The van der Waals surface area contributed by atoms with Crippen LogP contribution < -0.4 is 9.64 Å². The number of anilines is 3. The van der Waals surface area contributed by atoms with E-state index in [4.69, 9.17) is 15.1 Å². The van der Waals surface area contributed by atoms with Gasteiger partial charge in [0.05, 0.1) is 7.11 Å². The van der Waals surface area contributed by atoms with Crippen LogP contribution in [0.15, 0.2) is 72.3 Å². The maximum Gasteiger partial charge on any atom is 0.346 e. The van der Waals surface area contributed by atoms with Crippen molar-refractivity contribution in [1.82, 2.24) is 0 Å². The van der Waals surface area contributed by atoms with Gasteiger partial charge >= 0.3 is 5.97 Å². The summed E-state index contributed by atoms with van der Waals surface area (Å²) >= 11 is 0. The fraction of sp³-hybridized carbons (Fsp3) is 0.0435. The average Bonchev–Trinajstić information content (AvgIpc) is 2.75. The number of aliphatic carboxylic acids is 1. The summed E-state index contributed by atoms with van der Waals surface area (Å²) in [5.41, 5.74) is 1.82. The molecule has 0 heterocycles. The van der Waals surface area contributed by atoms with Gasteiger partial charge in [-0.25, -0.2) is 13.6 Å². The fourth-order valence-corrected chi connectivity index (χ4v) is 2.88. The molecule has 5 nitrogen and oxygen atoms in total. The lowest BCUT2D eigenvalue weighted by Crippen LogP contribution is -2.10. The normalized spacial score (nSPS) is 10.9. The lowest BCUT2D eigenvalue weighted by atomic mass is 10.1. The van der Waals surface area contributed by atoms with Crippen LogP contribution in [-0.4, -0.2) is 18.2 Å². The number of carboxylic acid groups (broad SMARTS) is 1. The molecule has 30 heavy (non-hydrogen) atoms. The Morgan fingerprint density at radius 1 is 0.967 bits per heavy atom. The van der Waals surface area contributed by atoms with Gasteiger partial charge in [0, 0.05) is 28.7 Å². The third-order valence-electron chi connectivity index (χ3n) is 4.30. The molecule has 3 aromatic rings. The number of hydrogen-bond acceptors (Lipinski definition) is 4. The third kappa shape index (κ3) is 4.45. The standard InChI is InChI=1S/C23H16F2N2O3/c1-30-22-13-21(7-2-15(22)12-16(14-26)23(28)29)27(19-8-3-17(24)4-9-19)20-10-5-18(25)6-11-20/h2-13H,1H3,(H,28,29)/b16-12+. The molecule has 1 N–H and O–H groups in total. The van der Waals surface area contributed by atoms with Crippen LogP contribution in [0.3, 0.4) is 0 Å². The molecule has 0 amide bonds. The molecule has 150 valence electrons. The van der Waals surface area contributed by atoms with E-state index in [1.54, 1.807) is 53.4 Å². The van der Waals surface area contributed by atoms with Crippen molar-refractivity contribution in [2.75, 3.05) is 12.0 Å². The Labute approximate surface area is 171 Å². The summed E-state index contributed by atoms with van der Waals surface area (Å²) in [5, 5.41) is 18.1. The van der Waals surface area contributed by atoms with E-state index in [9.17, 15) is 13.6 Å². The van der Waals surface area contributed by atoms with Gasteiger partial charge in [-0.15, -0.1) is 0 Å². The Hall–Kier alpha value is -4.18. The van der Waals surface area contributed by atoms with E-state index in [1.165, 1.54) is 37.5 Å². The number of carbonyl (C=O) groups is 1. The summed E-state index contributed by atoms with van der Waals surface area (Å²) in [6.07, 6.45) is 1.21. The first-order valence-electron chi connectivity index (χ1n) is 8.77. The zero-order chi connectivity index (χ0) is 21.7. The van der Waals surface area contributed by atoms with Crippen molar-refractivity contribution < 1.29 is 23.4 Å². The van der Waals surface area contributed by atoms with Gasteiger partial charge in [-0.2, -0.15) is 5.26 Å². The summed E-state index contributed by atoms with van der Waals surface area (Å²) in [6.45, 7) is 0. The molecule has 0 aliphatic rings. The van der Waals surface area contributed by atoms with E-state index < -0.39 is 23.2 Å². The summed E-state index contributed by atoms with van der Waals surface area (Å²) in [4.78, 5) is 12.9. The highest BCUT2D eigenvalue weighted by Crippen LogP contribution is 2.37. The molecule has 0 aromatic heterocycles. The molecule has 0 aliphatic carbocycles. The highest BCUT2D eigenvalue weighted by molar-refractivity contribution is 5.97. The number of ether oxygens (including phenoxy) is 1. The molecule has 0 saturated carbocycles. The number of rotatable bonds is 6. The number of benzene rings is 3. The molecule has 0 atom stereocenters. The number of methoxy groups -OCH3 is 1. The highest BCUT2D eigenvalue weighted by Gasteiger charge is 2.16. The number of carboxylic acids is 1. The van der Waals surface area contributed by atoms with Gasteiger partial charge < -0.3 is 14.7 Å². The largest absolute Gasteiger partial charge is 0.496 e. The molecule has 7 heteroatoms. The van der Waals surface area contributed by atoms with Crippen molar-refractivity contribution in [2.45, 2.75) is 0 Å². The summed E-state index contributed by atoms with van der Waals surface area (Å²) < 4.78 is 32.2. The lowest BCUT2D eigenvalue weighted by molar-refractivity contribution is -0.132. The van der Waals surface area contributed by atoms with Gasteiger partial charge in [-0.3, -0.25) is 0 Å². The maximum absolute atomic E-state index is 13.4. The van der Waals surface area contributed by atoms with Crippen molar-refractivity contribution in [3.05, 3.63) is 89.5 Å². The Bertz CT molecular complexity index is 1090. The molecule has 3 rings (SSSR count). The van der Waals surface area contributed by atoms with E-state index >= 15 is 0 Å². The first kappa shape index (κ1) is 20.6. The average molecular weight is 406 g/mol. The molecular formula is C23H16F2N2O3. The summed E-state index contributed by atoms with van der Waals surface area (Å²) in [5.74, 6) is -1.80. The van der Waals surface area contributed by atoms with Gasteiger partial charge in [0.15, 0.2) is 0 Å². The van der Waals surface area contributed by atoms with Crippen molar-refractivity contribution in [1.29, 1.82) is 5.26 Å². The van der Waals surface area contributed by atoms with Crippen LogP contribution in [-0.2, 0) is 4.79 Å². The lowest BCUT2D eigenvalue weighted by Gasteiger charge is -2.26. The predicted molar refractivity (Wildman–Crippen MR) is 109 cm³/mol. The Morgan fingerprint density at radius 3 is 1.90 bits per heavy atom. The Kier molecular flexibility index (Phi) is 6.08. The van der Waals surface area contributed by atoms with E-state index in [0.717, 1.165) is 0 Å². The molecule has 0 spiro atoms. The molecule has 0 bridgehead atoms. The molecule has 3 aromatic carbocycles. The van der Waals surface area contributed by atoms with Crippen molar-refractivity contribution >= 4 is 29.1 Å². The number of hydrogen-bond donors (Lipinski definition) is 1. The van der Waals surface area contributed by atoms with Crippen LogP contribution in [0.4, 0.5) is 25.8 Å². The number of nitriles is 1. The van der Waals surface area contributed by atoms with E-state index in [1.807, 2.05) is 0 Å². The fourth-order valence-electron chi connectivity index (χ4n) is 2.88. The SMILES string of the molecule is COc1cc(N(c2ccc(F)cc2)c2ccc(F)cc2)ccc1/C=C(\C#N)C(=O)O. The van der Waals surface area contributed by atoms with E-state index in [2.05, 4.69) is 0 Å². The van der Waals surface area contributed by atoms with Crippen molar-refractivity contribution in [2.24, 2.45) is 0 Å². The first-order valence-corrected chi connectivity index (χ1v) is 8.77. The third-order valence-corrected chi connectivity index (χ3v) is 4.30. The molecular weight excluding hydrogens is 390 g/mol. The van der Waals surface area contributed by atoms with E-state index in [0.29, 0.717) is 28.4 Å². The van der Waals surface area contributed by atoms with Gasteiger partial charge in [0.2, 0.25) is 0 Å². The van der Waals surface area contributed by atoms with E-state index in [-0.39, 0.29) is 0 Å². The number of halogens is 2. The predicted octanol–water partition coefficient (Wildman–Crippen LogP) is 5.43. The van der Waals surface area contributed by atoms with Gasteiger partial charge in [0.25, 0.3) is 0 Å². The molecule has 0 fully saturated rings. The van der Waals surface area contributed by atoms with Gasteiger partial charge in [0.1, 0.15) is 29.0 Å². The van der Waals surface area contributed by atoms with Crippen LogP contribution in [0.2, 0.25) is 0 Å². The second kappa shape index (κ2) is 8.88. The Morgan fingerprint density at radius 2 is 1.47 bits per heavy atom. The van der Waals surface area contributed by atoms with Crippen LogP contribution in [0.5, 0.6) is 5.75 Å². The van der Waals surface area contributed by atoms with Crippen LogP contribution >= 0.6 is 0 Å². The zero-order valence-corrected chi connectivity index (χ0v) is 15.8. The molecule has 0 unspecified atom stereocenters. The summed E-state index contributed by atoms with van der Waals surface area (Å²) in [6, 6.07) is 18.1. The number of nitrogens with zero attached hydrogens (tertiary/aromatic N) is 2. The van der Waals surface area contributed by atoms with Crippen molar-refractivity contribution in [3.63, 3.8) is 0 Å². The molecule has 0 radical (unpaired) electrons. The van der Waals surface area contributed by atoms with Crippen molar-refractivity contribution in [3.8, 4) is 11.8 Å². The molecule has 0 aliphatic heterocycles. The second-order valence-corrected chi connectivity index (χ2v) is 6.19. The zero-order valence-electron chi connectivity index (χ0n) is 15.8. The van der Waals surface area contributed by atoms with Crippen LogP contribution in [0.1, 0.15) is 5.56 Å². The summed E-state index contributed by atoms with van der Waals surface area (Å²) in [7, 11) is 1.42. The highest BCUT2D eigenvalue weighted by atomic mass is 19.1. The van der Waals surface area contributed by atoms with Gasteiger partial charge in [-0.05, 0) is 66.7 Å². The van der Waals surface area contributed by atoms with Crippen LogP contribution in [0, 0.1) is 23.0 Å². The quantitative estimate of drug-likeness (QED) is 0.436. The van der Waals surface area contributed by atoms with Gasteiger partial charge in [-0.1, -0.05) is 0 Å². The Balaban J connectivity index is 2.14. The smallest absolute Gasteiger partial charge is 0.346 e. The minimum Gasteiger partial charge on any atom is -0.496 e. The first-order chi connectivity index (χ1) is 14.4. The second-order valence-electron chi connectivity index (χ2n) is 6.19. The van der Waals surface area contributed by atoms with Crippen LogP contribution in [0.25, 0.3) is 6.08 Å². The molecule has 0 saturated heterocycles. The maximum atomic E-state index is 13.4. The topological polar surface area (TPSA) is 73.6 Å². The minimum atomic E-state index is -1.34.